The van der Waals surface area contributed by atoms with Crippen LogP contribution in [-0.2, 0) is 4.79 Å². The summed E-state index contributed by atoms with van der Waals surface area (Å²) in [6.45, 7) is 4.95. The fourth-order valence-corrected chi connectivity index (χ4v) is 4.03. The van der Waals surface area contributed by atoms with Crippen LogP contribution in [0, 0.1) is 5.82 Å². The second-order valence-electron chi connectivity index (χ2n) is 7.11. The molecular formula is C19H27FN2O2. The second kappa shape index (κ2) is 7.62. The molecule has 3 atom stereocenters. The molecule has 2 aliphatic rings. The van der Waals surface area contributed by atoms with Crippen molar-refractivity contribution in [3.8, 4) is 0 Å². The highest BCUT2D eigenvalue weighted by atomic mass is 19.1. The fourth-order valence-electron chi connectivity index (χ4n) is 4.03. The average Bonchev–Trinajstić information content (AvgIpc) is 3.01. The number of carbonyl (C=O) groups excluding carboxylic acids is 1. The highest BCUT2D eigenvalue weighted by Gasteiger charge is 2.33. The number of rotatable bonds is 4. The standard InChI is InChI=1S/C19H27FN2O2/c1-14(15-5-2-3-6-16(15)20)13-19(24)22-11-9-21(10-12-22)17-7-4-8-18(17)23/h2-3,5-6,14,17-18,23H,4,7-13H2,1H3/t14-,17-,18-/m1/s1. The zero-order chi connectivity index (χ0) is 17.1. The van der Waals surface area contributed by atoms with E-state index in [4.69, 9.17) is 0 Å². The first-order valence-corrected chi connectivity index (χ1v) is 9.00. The van der Waals surface area contributed by atoms with Crippen LogP contribution in [0.4, 0.5) is 4.39 Å². The molecule has 0 aromatic heterocycles. The SMILES string of the molecule is C[C@H](CC(=O)N1CCN([C@@H]2CCC[C@H]2O)CC1)c1ccccc1F. The van der Waals surface area contributed by atoms with Crippen LogP contribution in [0.5, 0.6) is 0 Å². The van der Waals surface area contributed by atoms with Crippen LogP contribution in [-0.4, -0.2) is 59.1 Å². The number of carbonyl (C=O) groups is 1. The minimum atomic E-state index is -0.238. The van der Waals surface area contributed by atoms with Crippen molar-refractivity contribution in [2.24, 2.45) is 0 Å². The summed E-state index contributed by atoms with van der Waals surface area (Å²) in [6.07, 6.45) is 3.16. The van der Waals surface area contributed by atoms with Crippen molar-refractivity contribution in [2.45, 2.75) is 50.7 Å². The van der Waals surface area contributed by atoms with Gasteiger partial charge in [0.15, 0.2) is 0 Å². The number of piperazine rings is 1. The molecule has 0 spiro atoms. The molecule has 5 heteroatoms. The van der Waals surface area contributed by atoms with E-state index in [1.54, 1.807) is 12.1 Å². The molecule has 24 heavy (non-hydrogen) atoms. The third-order valence-corrected chi connectivity index (χ3v) is 5.50. The summed E-state index contributed by atoms with van der Waals surface area (Å²) < 4.78 is 13.8. The molecule has 1 aromatic carbocycles. The molecule has 1 amide bonds. The normalized spacial score (nSPS) is 26.5. The van der Waals surface area contributed by atoms with Crippen molar-refractivity contribution in [3.63, 3.8) is 0 Å². The number of hydrogen-bond acceptors (Lipinski definition) is 3. The van der Waals surface area contributed by atoms with E-state index < -0.39 is 0 Å². The zero-order valence-electron chi connectivity index (χ0n) is 14.3. The number of halogens is 1. The third kappa shape index (κ3) is 3.78. The first kappa shape index (κ1) is 17.4. The zero-order valence-corrected chi connectivity index (χ0v) is 14.3. The smallest absolute Gasteiger partial charge is 0.223 e. The van der Waals surface area contributed by atoms with E-state index in [0.29, 0.717) is 25.1 Å². The summed E-state index contributed by atoms with van der Waals surface area (Å²) in [5.74, 6) is -0.261. The van der Waals surface area contributed by atoms with Crippen molar-refractivity contribution in [3.05, 3.63) is 35.6 Å². The molecule has 1 aliphatic carbocycles. The van der Waals surface area contributed by atoms with Crippen LogP contribution in [0.15, 0.2) is 24.3 Å². The van der Waals surface area contributed by atoms with Crippen LogP contribution in [0.1, 0.15) is 44.1 Å². The lowest BCUT2D eigenvalue weighted by Gasteiger charge is -2.39. The average molecular weight is 334 g/mol. The first-order valence-electron chi connectivity index (χ1n) is 9.00. The molecule has 3 rings (SSSR count). The molecule has 0 unspecified atom stereocenters. The molecule has 132 valence electrons. The highest BCUT2D eigenvalue weighted by Crippen LogP contribution is 2.26. The van der Waals surface area contributed by atoms with Gasteiger partial charge in [0.25, 0.3) is 0 Å². The van der Waals surface area contributed by atoms with Gasteiger partial charge in [-0.25, -0.2) is 4.39 Å². The summed E-state index contributed by atoms with van der Waals surface area (Å²) in [4.78, 5) is 16.7. The van der Waals surface area contributed by atoms with Gasteiger partial charge in [-0.05, 0) is 36.8 Å². The van der Waals surface area contributed by atoms with Crippen LogP contribution in [0.2, 0.25) is 0 Å². The van der Waals surface area contributed by atoms with Gasteiger partial charge in [0.1, 0.15) is 5.82 Å². The molecule has 4 nitrogen and oxygen atoms in total. The van der Waals surface area contributed by atoms with E-state index in [1.807, 2.05) is 17.9 Å². The molecule has 1 aromatic rings. The second-order valence-corrected chi connectivity index (χ2v) is 7.11. The first-order chi connectivity index (χ1) is 11.6. The minimum Gasteiger partial charge on any atom is -0.391 e. The number of hydrogen-bond donors (Lipinski definition) is 1. The van der Waals surface area contributed by atoms with E-state index >= 15 is 0 Å². The molecule has 1 saturated heterocycles. The van der Waals surface area contributed by atoms with Crippen molar-refractivity contribution < 1.29 is 14.3 Å². The Kier molecular flexibility index (Phi) is 5.51. The summed E-state index contributed by atoms with van der Waals surface area (Å²) >= 11 is 0. The Morgan fingerprint density at radius 2 is 1.96 bits per heavy atom. The van der Waals surface area contributed by atoms with Gasteiger partial charge in [-0.1, -0.05) is 25.1 Å². The molecule has 1 aliphatic heterocycles. The van der Waals surface area contributed by atoms with Gasteiger partial charge in [-0.15, -0.1) is 0 Å². The summed E-state index contributed by atoms with van der Waals surface area (Å²) in [7, 11) is 0. The topological polar surface area (TPSA) is 43.8 Å². The van der Waals surface area contributed by atoms with Crippen molar-refractivity contribution in [1.82, 2.24) is 9.80 Å². The Balaban J connectivity index is 1.51. The Morgan fingerprint density at radius 3 is 2.58 bits per heavy atom. The molecule has 1 heterocycles. The number of benzene rings is 1. The van der Waals surface area contributed by atoms with E-state index in [9.17, 15) is 14.3 Å². The lowest BCUT2D eigenvalue weighted by Crippen LogP contribution is -2.53. The predicted octanol–water partition coefficient (Wildman–Crippen LogP) is 2.38. The molecule has 1 saturated carbocycles. The Morgan fingerprint density at radius 1 is 1.25 bits per heavy atom. The van der Waals surface area contributed by atoms with Crippen LogP contribution < -0.4 is 0 Å². The van der Waals surface area contributed by atoms with Gasteiger partial charge in [0, 0.05) is 38.6 Å². The minimum absolute atomic E-state index is 0.0948. The monoisotopic (exact) mass is 334 g/mol. The third-order valence-electron chi connectivity index (χ3n) is 5.50. The molecule has 0 bridgehead atoms. The summed E-state index contributed by atoms with van der Waals surface area (Å²) in [5, 5.41) is 10.0. The molecule has 1 N–H and O–H groups in total. The maximum atomic E-state index is 13.8. The maximum Gasteiger partial charge on any atom is 0.223 e. The number of aliphatic hydroxyl groups excluding tert-OH is 1. The molecule has 0 radical (unpaired) electrons. The van der Waals surface area contributed by atoms with Crippen molar-refractivity contribution in [1.29, 1.82) is 0 Å². The van der Waals surface area contributed by atoms with E-state index in [0.717, 1.165) is 32.4 Å². The van der Waals surface area contributed by atoms with Gasteiger partial charge in [0.2, 0.25) is 5.91 Å². The van der Waals surface area contributed by atoms with Gasteiger partial charge >= 0.3 is 0 Å². The number of aliphatic hydroxyl groups is 1. The molecule has 2 fully saturated rings. The quantitative estimate of drug-likeness (QED) is 0.919. The fraction of sp³-hybridized carbons (Fsp3) is 0.632. The van der Waals surface area contributed by atoms with Gasteiger partial charge in [0.05, 0.1) is 6.10 Å². The maximum absolute atomic E-state index is 13.8. The van der Waals surface area contributed by atoms with E-state index in [1.165, 1.54) is 6.07 Å². The summed E-state index contributed by atoms with van der Waals surface area (Å²) in [5.41, 5.74) is 0.610. The highest BCUT2D eigenvalue weighted by molar-refractivity contribution is 5.77. The van der Waals surface area contributed by atoms with Crippen LogP contribution >= 0.6 is 0 Å². The largest absolute Gasteiger partial charge is 0.391 e. The lowest BCUT2D eigenvalue weighted by atomic mass is 9.96. The summed E-state index contributed by atoms with van der Waals surface area (Å²) in [6, 6.07) is 6.95. The van der Waals surface area contributed by atoms with Crippen molar-refractivity contribution >= 4 is 5.91 Å². The Labute approximate surface area is 143 Å². The van der Waals surface area contributed by atoms with E-state index in [-0.39, 0.29) is 29.8 Å². The van der Waals surface area contributed by atoms with Crippen LogP contribution in [0.25, 0.3) is 0 Å². The number of nitrogens with zero attached hydrogens (tertiary/aromatic N) is 2. The number of amides is 1. The van der Waals surface area contributed by atoms with Crippen molar-refractivity contribution in [2.75, 3.05) is 26.2 Å². The Bertz CT molecular complexity index is 572. The predicted molar refractivity (Wildman–Crippen MR) is 91.2 cm³/mol. The van der Waals surface area contributed by atoms with Gasteiger partial charge < -0.3 is 10.0 Å². The van der Waals surface area contributed by atoms with E-state index in [2.05, 4.69) is 4.90 Å². The van der Waals surface area contributed by atoms with Gasteiger partial charge in [-0.2, -0.15) is 0 Å². The lowest BCUT2D eigenvalue weighted by molar-refractivity contribution is -0.133. The van der Waals surface area contributed by atoms with Crippen LogP contribution in [0.3, 0.4) is 0 Å². The molecular weight excluding hydrogens is 307 g/mol. The van der Waals surface area contributed by atoms with Gasteiger partial charge in [-0.3, -0.25) is 9.69 Å². The Hall–Kier alpha value is -1.46.